The molecule has 0 atom stereocenters. The first kappa shape index (κ1) is 11.6. The Labute approximate surface area is 84.1 Å². The summed E-state index contributed by atoms with van der Waals surface area (Å²) >= 11 is 0. The molecular weight excluding hydrogens is 186 g/mol. The van der Waals surface area contributed by atoms with Gasteiger partial charge in [-0.25, -0.2) is 8.78 Å². The van der Waals surface area contributed by atoms with Crippen molar-refractivity contribution >= 4 is 0 Å². The summed E-state index contributed by atoms with van der Waals surface area (Å²) in [5, 5.41) is 0. The summed E-state index contributed by atoms with van der Waals surface area (Å²) in [6.45, 7) is 1.68. The first-order valence-electron chi connectivity index (χ1n) is 5.02. The number of hydrogen-bond donors (Lipinski definition) is 0. The number of allylic oxidation sites excluding steroid dienone is 2. The van der Waals surface area contributed by atoms with Crippen molar-refractivity contribution in [3.63, 3.8) is 0 Å². The molecule has 1 aliphatic carbocycles. The summed E-state index contributed by atoms with van der Waals surface area (Å²) in [6, 6.07) is 0. The van der Waals surface area contributed by atoms with E-state index in [9.17, 15) is 8.78 Å². The smallest absolute Gasteiger partial charge is 0.263 e. The minimum Gasteiger partial charge on any atom is -0.384 e. The molecule has 0 amide bonds. The largest absolute Gasteiger partial charge is 0.384 e. The van der Waals surface area contributed by atoms with Gasteiger partial charge in [-0.15, -0.1) is 0 Å². The normalized spacial score (nSPS) is 20.3. The molecule has 0 aromatic rings. The van der Waals surface area contributed by atoms with E-state index in [0.29, 0.717) is 5.41 Å². The van der Waals surface area contributed by atoms with Crippen LogP contribution < -0.4 is 0 Å². The fraction of sp³-hybridized carbons (Fsp3) is 0.818. The van der Waals surface area contributed by atoms with Crippen LogP contribution in [0.4, 0.5) is 8.78 Å². The summed E-state index contributed by atoms with van der Waals surface area (Å²) in [5.74, 6) is -2.67. The third-order valence-electron chi connectivity index (χ3n) is 2.66. The van der Waals surface area contributed by atoms with E-state index in [1.54, 1.807) is 13.2 Å². The van der Waals surface area contributed by atoms with Gasteiger partial charge in [0, 0.05) is 14.0 Å². The molecule has 1 fully saturated rings. The van der Waals surface area contributed by atoms with E-state index in [4.69, 9.17) is 4.74 Å². The van der Waals surface area contributed by atoms with Crippen LogP contribution in [0.3, 0.4) is 0 Å². The average molecular weight is 204 g/mol. The fourth-order valence-corrected chi connectivity index (χ4v) is 1.63. The maximum absolute atomic E-state index is 12.4. The Morgan fingerprint density at radius 1 is 1.43 bits per heavy atom. The van der Waals surface area contributed by atoms with Crippen molar-refractivity contribution in [3.8, 4) is 0 Å². The highest BCUT2D eigenvalue weighted by atomic mass is 19.3. The van der Waals surface area contributed by atoms with Crippen molar-refractivity contribution in [1.82, 2.24) is 0 Å². The number of ether oxygens (including phenoxy) is 1. The maximum atomic E-state index is 12.4. The van der Waals surface area contributed by atoms with Gasteiger partial charge < -0.3 is 4.74 Å². The SMILES string of the molecule is COCC1(CCC=CC(C)(F)F)CC1. The van der Waals surface area contributed by atoms with E-state index in [2.05, 4.69) is 0 Å². The molecule has 1 rings (SSSR count). The predicted octanol–water partition coefficient (Wildman–Crippen LogP) is 3.40. The summed E-state index contributed by atoms with van der Waals surface area (Å²) in [6.07, 6.45) is 6.61. The molecule has 0 spiro atoms. The second-order valence-corrected chi connectivity index (χ2v) is 4.33. The number of alkyl halides is 2. The van der Waals surface area contributed by atoms with Crippen molar-refractivity contribution in [3.05, 3.63) is 12.2 Å². The van der Waals surface area contributed by atoms with Gasteiger partial charge in [0.25, 0.3) is 5.92 Å². The predicted molar refractivity (Wildman–Crippen MR) is 52.5 cm³/mol. The van der Waals surface area contributed by atoms with Crippen LogP contribution in [0.15, 0.2) is 12.2 Å². The van der Waals surface area contributed by atoms with Crippen molar-refractivity contribution in [2.45, 2.75) is 38.5 Å². The second-order valence-electron chi connectivity index (χ2n) is 4.33. The molecule has 0 N–H and O–H groups in total. The van der Waals surface area contributed by atoms with Gasteiger partial charge in [-0.3, -0.25) is 0 Å². The van der Waals surface area contributed by atoms with E-state index in [1.165, 1.54) is 12.8 Å². The summed E-state index contributed by atoms with van der Waals surface area (Å²) < 4.78 is 29.9. The fourth-order valence-electron chi connectivity index (χ4n) is 1.63. The summed E-state index contributed by atoms with van der Waals surface area (Å²) in [5.41, 5.74) is 0.308. The van der Waals surface area contributed by atoms with E-state index in [1.807, 2.05) is 0 Å². The lowest BCUT2D eigenvalue weighted by Crippen LogP contribution is -2.08. The van der Waals surface area contributed by atoms with Gasteiger partial charge in [-0.05, 0) is 37.2 Å². The van der Waals surface area contributed by atoms with Crippen molar-refractivity contribution in [1.29, 1.82) is 0 Å². The molecule has 1 nitrogen and oxygen atoms in total. The zero-order valence-electron chi connectivity index (χ0n) is 8.85. The molecule has 0 aliphatic heterocycles. The third kappa shape index (κ3) is 4.18. The van der Waals surface area contributed by atoms with Gasteiger partial charge in [-0.2, -0.15) is 0 Å². The lowest BCUT2D eigenvalue weighted by molar-refractivity contribution is 0.0770. The highest BCUT2D eigenvalue weighted by molar-refractivity contribution is 4.97. The quantitative estimate of drug-likeness (QED) is 0.602. The topological polar surface area (TPSA) is 9.23 Å². The highest BCUT2D eigenvalue weighted by Gasteiger charge is 2.41. The molecule has 0 saturated heterocycles. The van der Waals surface area contributed by atoms with Crippen LogP contribution in [-0.4, -0.2) is 19.6 Å². The minimum absolute atomic E-state index is 0.308. The Morgan fingerprint density at radius 2 is 2.07 bits per heavy atom. The molecule has 0 bridgehead atoms. The monoisotopic (exact) mass is 204 g/mol. The molecule has 3 heteroatoms. The summed E-state index contributed by atoms with van der Waals surface area (Å²) in [7, 11) is 1.69. The molecule has 1 saturated carbocycles. The second kappa shape index (κ2) is 4.39. The number of rotatable bonds is 6. The van der Waals surface area contributed by atoms with E-state index >= 15 is 0 Å². The maximum Gasteiger partial charge on any atom is 0.263 e. The Kier molecular flexibility index (Phi) is 3.65. The lowest BCUT2D eigenvalue weighted by Gasteiger charge is -2.11. The van der Waals surface area contributed by atoms with Gasteiger partial charge >= 0.3 is 0 Å². The van der Waals surface area contributed by atoms with Gasteiger partial charge in [0.05, 0.1) is 6.61 Å². The molecule has 0 unspecified atom stereocenters. The van der Waals surface area contributed by atoms with Crippen LogP contribution >= 0.6 is 0 Å². The van der Waals surface area contributed by atoms with Gasteiger partial charge in [-0.1, -0.05) is 6.08 Å². The molecule has 0 heterocycles. The van der Waals surface area contributed by atoms with Crippen LogP contribution in [-0.2, 0) is 4.74 Å². The molecule has 1 aliphatic rings. The zero-order chi connectivity index (χ0) is 10.7. The molecule has 0 aromatic heterocycles. The molecular formula is C11H18F2O. The van der Waals surface area contributed by atoms with E-state index in [0.717, 1.165) is 32.4 Å². The van der Waals surface area contributed by atoms with Crippen LogP contribution in [0, 0.1) is 5.41 Å². The molecule has 0 aromatic carbocycles. The number of hydrogen-bond acceptors (Lipinski definition) is 1. The van der Waals surface area contributed by atoms with E-state index < -0.39 is 5.92 Å². The number of methoxy groups -OCH3 is 1. The van der Waals surface area contributed by atoms with Gasteiger partial charge in [0.1, 0.15) is 0 Å². The average Bonchev–Trinajstić information content (AvgIpc) is 2.79. The van der Waals surface area contributed by atoms with Gasteiger partial charge in [0.15, 0.2) is 0 Å². The van der Waals surface area contributed by atoms with Crippen LogP contribution in [0.2, 0.25) is 0 Å². The van der Waals surface area contributed by atoms with Crippen LogP contribution in [0.5, 0.6) is 0 Å². The van der Waals surface area contributed by atoms with Crippen molar-refractivity contribution in [2.75, 3.05) is 13.7 Å². The highest BCUT2D eigenvalue weighted by Crippen LogP contribution is 2.49. The van der Waals surface area contributed by atoms with E-state index in [-0.39, 0.29) is 0 Å². The Hall–Kier alpha value is -0.440. The first-order chi connectivity index (χ1) is 6.47. The molecule has 14 heavy (non-hydrogen) atoms. The molecule has 82 valence electrons. The number of halogens is 2. The Balaban J connectivity index is 2.18. The van der Waals surface area contributed by atoms with Crippen molar-refractivity contribution in [2.24, 2.45) is 5.41 Å². The Bertz CT molecular complexity index is 202. The van der Waals surface area contributed by atoms with Crippen LogP contribution in [0.25, 0.3) is 0 Å². The zero-order valence-corrected chi connectivity index (χ0v) is 8.85. The van der Waals surface area contributed by atoms with Crippen LogP contribution in [0.1, 0.15) is 32.6 Å². The van der Waals surface area contributed by atoms with Crippen molar-refractivity contribution < 1.29 is 13.5 Å². The Morgan fingerprint density at radius 3 is 2.50 bits per heavy atom. The third-order valence-corrected chi connectivity index (χ3v) is 2.66. The van der Waals surface area contributed by atoms with Gasteiger partial charge in [0.2, 0.25) is 0 Å². The lowest BCUT2D eigenvalue weighted by atomic mass is 10.0. The standard InChI is InChI=1S/C11H18F2O/c1-10(12,13)5-3-4-6-11(7-8-11)9-14-2/h3,5H,4,6-9H2,1-2H3. The molecule has 0 radical (unpaired) electrons. The first-order valence-corrected chi connectivity index (χ1v) is 5.02. The summed E-state index contributed by atoms with van der Waals surface area (Å²) in [4.78, 5) is 0. The minimum atomic E-state index is -2.67.